The van der Waals surface area contributed by atoms with Gasteiger partial charge in [0.15, 0.2) is 6.29 Å². The number of benzene rings is 2. The molecule has 0 radical (unpaired) electrons. The van der Waals surface area contributed by atoms with Crippen LogP contribution in [0.25, 0.3) is 10.9 Å². The fourth-order valence-corrected chi connectivity index (χ4v) is 4.01. The molecule has 2 aromatic carbocycles. The SMILES string of the molecule is CO[C@@H]1CC=C2NN(c3cc4ccccc4[nH]3)C(=O)C[C@]2(c2ccccc2)O1.Cl. The van der Waals surface area contributed by atoms with Crippen LogP contribution in [0.5, 0.6) is 0 Å². The molecule has 2 N–H and O–H groups in total. The van der Waals surface area contributed by atoms with Gasteiger partial charge in [-0.25, -0.2) is 5.01 Å². The number of fused-ring (bicyclic) bond motifs is 2. The zero-order chi connectivity index (χ0) is 19.1. The average molecular weight is 412 g/mol. The van der Waals surface area contributed by atoms with Crippen molar-refractivity contribution in [2.45, 2.75) is 24.7 Å². The molecule has 5 rings (SSSR count). The number of carbonyl (C=O) groups is 1. The summed E-state index contributed by atoms with van der Waals surface area (Å²) >= 11 is 0. The number of rotatable bonds is 3. The number of para-hydroxylation sites is 1. The van der Waals surface area contributed by atoms with Gasteiger partial charge in [0.25, 0.3) is 5.91 Å². The number of carbonyl (C=O) groups excluding carboxylic acids is 1. The molecule has 0 saturated carbocycles. The maximum atomic E-state index is 13.2. The fourth-order valence-electron chi connectivity index (χ4n) is 4.01. The van der Waals surface area contributed by atoms with E-state index in [1.807, 2.05) is 60.7 Å². The lowest BCUT2D eigenvalue weighted by molar-refractivity contribution is -0.204. The predicted molar refractivity (Wildman–Crippen MR) is 113 cm³/mol. The van der Waals surface area contributed by atoms with E-state index in [0.29, 0.717) is 12.2 Å². The Morgan fingerprint density at radius 3 is 2.66 bits per heavy atom. The van der Waals surface area contributed by atoms with Crippen LogP contribution in [-0.4, -0.2) is 24.3 Å². The van der Waals surface area contributed by atoms with E-state index in [0.717, 1.165) is 22.2 Å². The molecule has 2 aliphatic heterocycles. The minimum atomic E-state index is -0.875. The second kappa shape index (κ2) is 7.55. The van der Waals surface area contributed by atoms with Crippen LogP contribution in [0, 0.1) is 0 Å². The second-order valence-electron chi connectivity index (χ2n) is 7.09. The third-order valence-corrected chi connectivity index (χ3v) is 5.42. The molecule has 0 aliphatic carbocycles. The Bertz CT molecular complexity index is 1030. The number of hydrogen-bond donors (Lipinski definition) is 2. The number of aromatic amines is 1. The van der Waals surface area contributed by atoms with Crippen LogP contribution < -0.4 is 10.4 Å². The van der Waals surface area contributed by atoms with Crippen LogP contribution in [0.4, 0.5) is 5.82 Å². The number of halogens is 1. The highest BCUT2D eigenvalue weighted by molar-refractivity contribution is 5.97. The van der Waals surface area contributed by atoms with Gasteiger partial charge in [0.2, 0.25) is 0 Å². The molecule has 1 amide bonds. The summed E-state index contributed by atoms with van der Waals surface area (Å²) in [6, 6.07) is 19.8. The maximum absolute atomic E-state index is 13.2. The Morgan fingerprint density at radius 2 is 1.90 bits per heavy atom. The summed E-state index contributed by atoms with van der Waals surface area (Å²) in [5.41, 5.74) is 5.19. The van der Waals surface area contributed by atoms with Gasteiger partial charge < -0.3 is 14.5 Å². The minimum Gasteiger partial charge on any atom is -0.356 e. The molecule has 6 nitrogen and oxygen atoms in total. The molecule has 0 spiro atoms. The zero-order valence-electron chi connectivity index (χ0n) is 15.9. The summed E-state index contributed by atoms with van der Waals surface area (Å²) in [6.07, 6.45) is 2.47. The number of H-pyrrole nitrogens is 1. The molecule has 2 aliphatic rings. The van der Waals surface area contributed by atoms with Crippen molar-refractivity contribution in [1.29, 1.82) is 0 Å². The van der Waals surface area contributed by atoms with Crippen LogP contribution in [0.1, 0.15) is 18.4 Å². The molecule has 2 atom stereocenters. The van der Waals surface area contributed by atoms with Crippen LogP contribution >= 0.6 is 12.4 Å². The molecule has 29 heavy (non-hydrogen) atoms. The molecule has 7 heteroatoms. The number of nitrogens with one attached hydrogen (secondary N) is 2. The van der Waals surface area contributed by atoms with Gasteiger partial charge in [0, 0.05) is 24.4 Å². The molecule has 1 aromatic heterocycles. The molecule has 0 bridgehead atoms. The number of methoxy groups -OCH3 is 1. The van der Waals surface area contributed by atoms with Crippen LogP contribution in [0.15, 0.2) is 72.4 Å². The molecule has 3 aromatic rings. The lowest BCUT2D eigenvalue weighted by atomic mass is 9.83. The number of hydrogen-bond acceptors (Lipinski definition) is 4. The van der Waals surface area contributed by atoms with E-state index < -0.39 is 11.9 Å². The van der Waals surface area contributed by atoms with Crippen molar-refractivity contribution in [2.75, 3.05) is 12.1 Å². The summed E-state index contributed by atoms with van der Waals surface area (Å²) in [7, 11) is 1.62. The highest BCUT2D eigenvalue weighted by atomic mass is 35.5. The first kappa shape index (κ1) is 19.5. The fraction of sp³-hybridized carbons (Fsp3) is 0.227. The first-order valence-corrected chi connectivity index (χ1v) is 9.34. The van der Waals surface area contributed by atoms with E-state index >= 15 is 0 Å². The minimum absolute atomic E-state index is 0. The third-order valence-electron chi connectivity index (χ3n) is 5.42. The van der Waals surface area contributed by atoms with Gasteiger partial charge in [0.1, 0.15) is 11.4 Å². The smallest absolute Gasteiger partial charge is 0.250 e. The van der Waals surface area contributed by atoms with Gasteiger partial charge in [-0.1, -0.05) is 54.6 Å². The van der Waals surface area contributed by atoms with Gasteiger partial charge in [-0.2, -0.15) is 0 Å². The van der Waals surface area contributed by atoms with Gasteiger partial charge in [-0.15, -0.1) is 12.4 Å². The summed E-state index contributed by atoms with van der Waals surface area (Å²) in [4.78, 5) is 16.5. The van der Waals surface area contributed by atoms with Crippen molar-refractivity contribution < 1.29 is 14.3 Å². The van der Waals surface area contributed by atoms with E-state index in [9.17, 15) is 4.79 Å². The summed E-state index contributed by atoms with van der Waals surface area (Å²) < 4.78 is 11.8. The number of amides is 1. The summed E-state index contributed by atoms with van der Waals surface area (Å²) in [5, 5.41) is 2.63. The van der Waals surface area contributed by atoms with E-state index in [1.165, 1.54) is 0 Å². The maximum Gasteiger partial charge on any atom is 0.250 e. The van der Waals surface area contributed by atoms with E-state index in [2.05, 4.69) is 16.5 Å². The molecule has 1 fully saturated rings. The van der Waals surface area contributed by atoms with Gasteiger partial charge in [0.05, 0.1) is 12.1 Å². The molecule has 0 unspecified atom stereocenters. The van der Waals surface area contributed by atoms with Gasteiger partial charge in [-0.05, 0) is 17.7 Å². The number of anilines is 1. The van der Waals surface area contributed by atoms with Crippen molar-refractivity contribution in [3.63, 3.8) is 0 Å². The van der Waals surface area contributed by atoms with Crippen molar-refractivity contribution >= 4 is 35.0 Å². The third kappa shape index (κ3) is 3.19. The van der Waals surface area contributed by atoms with Crippen molar-refractivity contribution in [3.05, 3.63) is 78.0 Å². The van der Waals surface area contributed by atoms with Crippen molar-refractivity contribution in [3.8, 4) is 0 Å². The monoisotopic (exact) mass is 411 g/mol. The number of nitrogens with zero attached hydrogens (tertiary/aromatic N) is 1. The van der Waals surface area contributed by atoms with Crippen molar-refractivity contribution in [1.82, 2.24) is 10.4 Å². The highest BCUT2D eigenvalue weighted by Gasteiger charge is 2.49. The highest BCUT2D eigenvalue weighted by Crippen LogP contribution is 2.44. The molecule has 3 heterocycles. The normalized spacial score (nSPS) is 23.8. The Balaban J connectivity index is 0.00000205. The number of aromatic nitrogens is 1. The number of ether oxygens (including phenoxy) is 2. The Morgan fingerprint density at radius 1 is 1.14 bits per heavy atom. The Kier molecular flexibility index (Phi) is 5.08. The van der Waals surface area contributed by atoms with Gasteiger partial charge in [-0.3, -0.25) is 10.2 Å². The summed E-state index contributed by atoms with van der Waals surface area (Å²) in [6.45, 7) is 0. The van der Waals surface area contributed by atoms with Crippen LogP contribution in [0.2, 0.25) is 0 Å². The van der Waals surface area contributed by atoms with E-state index in [4.69, 9.17) is 9.47 Å². The molecule has 150 valence electrons. The van der Waals surface area contributed by atoms with Crippen molar-refractivity contribution in [2.24, 2.45) is 0 Å². The average Bonchev–Trinajstić information content (AvgIpc) is 3.17. The second-order valence-corrected chi connectivity index (χ2v) is 7.09. The number of hydrazine groups is 1. The van der Waals surface area contributed by atoms with E-state index in [-0.39, 0.29) is 24.7 Å². The quantitative estimate of drug-likeness (QED) is 0.683. The van der Waals surface area contributed by atoms with E-state index in [1.54, 1.807) is 12.1 Å². The Hall–Kier alpha value is -2.80. The first-order valence-electron chi connectivity index (χ1n) is 9.34. The van der Waals surface area contributed by atoms with Crippen LogP contribution in [0.3, 0.4) is 0 Å². The lowest BCUT2D eigenvalue weighted by Gasteiger charge is -2.47. The van der Waals surface area contributed by atoms with Gasteiger partial charge >= 0.3 is 0 Å². The largest absolute Gasteiger partial charge is 0.356 e. The Labute approximate surface area is 174 Å². The lowest BCUT2D eigenvalue weighted by Crippen LogP contribution is -2.58. The topological polar surface area (TPSA) is 66.6 Å². The molecular weight excluding hydrogens is 390 g/mol. The molecule has 1 saturated heterocycles. The standard InChI is InChI=1S/C22H21N3O3.ClH/c1-27-21-12-11-18-22(28-21,16-8-3-2-4-9-16)14-20(26)25(24-18)19-13-15-7-5-6-10-17(15)23-19;/h2-11,13,21,23-24H,12,14H2,1H3;1H/t21-,22+;/m0./s1. The van der Waals surface area contributed by atoms with Crippen LogP contribution in [-0.2, 0) is 19.9 Å². The zero-order valence-corrected chi connectivity index (χ0v) is 16.7. The predicted octanol–water partition coefficient (Wildman–Crippen LogP) is 4.00. The first-order chi connectivity index (χ1) is 13.7. The molecular formula is C22H22ClN3O3. The summed E-state index contributed by atoms with van der Waals surface area (Å²) in [5.74, 6) is 0.631.